The number of nitrogens with zero attached hydrogens (tertiary/aromatic N) is 6. The van der Waals surface area contributed by atoms with E-state index in [1.54, 1.807) is 30.5 Å². The molecule has 3 aromatic rings. The Morgan fingerprint density at radius 2 is 2.00 bits per heavy atom. The lowest BCUT2D eigenvalue weighted by molar-refractivity contribution is 0.0239. The molecular formula is C19H15FN6O3. The molecule has 4 rings (SSSR count). The molecule has 1 aliphatic heterocycles. The maximum Gasteiger partial charge on any atom is 0.407 e. The zero-order valence-corrected chi connectivity index (χ0v) is 15.1. The van der Waals surface area contributed by atoms with Crippen LogP contribution in [-0.2, 0) is 5.67 Å². The van der Waals surface area contributed by atoms with E-state index in [4.69, 9.17) is 14.8 Å². The van der Waals surface area contributed by atoms with E-state index in [1.165, 1.54) is 6.20 Å². The largest absolute Gasteiger partial charge is 0.465 e. The van der Waals surface area contributed by atoms with Crippen LogP contribution >= 0.6 is 0 Å². The van der Waals surface area contributed by atoms with Gasteiger partial charge in [0.05, 0.1) is 6.54 Å². The van der Waals surface area contributed by atoms with E-state index in [9.17, 15) is 4.79 Å². The van der Waals surface area contributed by atoms with E-state index >= 15 is 4.39 Å². The molecule has 1 N–H and O–H groups in total. The fourth-order valence-electron chi connectivity index (χ4n) is 3.25. The van der Waals surface area contributed by atoms with Gasteiger partial charge in [-0.3, -0.25) is 4.98 Å². The molecule has 1 saturated heterocycles. The lowest BCUT2D eigenvalue weighted by Gasteiger charge is -2.33. The summed E-state index contributed by atoms with van der Waals surface area (Å²) >= 11 is 0. The molecule has 10 heteroatoms. The smallest absolute Gasteiger partial charge is 0.407 e. The number of halogens is 1. The molecule has 0 aromatic carbocycles. The Kier molecular flexibility index (Phi) is 4.64. The summed E-state index contributed by atoms with van der Waals surface area (Å²) in [6.45, 7) is -0.0897. The number of aromatic nitrogens is 4. The zero-order chi connectivity index (χ0) is 20.4. The number of likely N-dealkylation sites (tertiary alicyclic amines) is 1. The molecule has 146 valence electrons. The van der Waals surface area contributed by atoms with Gasteiger partial charge in [-0.2, -0.15) is 5.26 Å². The van der Waals surface area contributed by atoms with Gasteiger partial charge in [0.25, 0.3) is 11.8 Å². The van der Waals surface area contributed by atoms with Crippen molar-refractivity contribution in [2.75, 3.05) is 13.1 Å². The number of rotatable bonds is 3. The fraction of sp³-hybridized carbons (Fsp3) is 0.263. The van der Waals surface area contributed by atoms with E-state index in [0.717, 1.165) is 16.0 Å². The van der Waals surface area contributed by atoms with E-state index in [1.807, 2.05) is 6.07 Å². The van der Waals surface area contributed by atoms with Crippen LogP contribution in [0.5, 0.6) is 0 Å². The fourth-order valence-corrected chi connectivity index (χ4v) is 3.25. The highest BCUT2D eigenvalue weighted by Gasteiger charge is 2.43. The summed E-state index contributed by atoms with van der Waals surface area (Å²) in [7, 11) is 0. The molecule has 1 fully saturated rings. The van der Waals surface area contributed by atoms with Crippen LogP contribution in [0.15, 0.2) is 41.1 Å². The average Bonchev–Trinajstić information content (AvgIpc) is 3.25. The predicted octanol–water partition coefficient (Wildman–Crippen LogP) is 3.00. The molecule has 1 aliphatic rings. The molecule has 1 atom stereocenters. The first kappa shape index (κ1) is 18.5. The highest BCUT2D eigenvalue weighted by molar-refractivity contribution is 5.68. The third kappa shape index (κ3) is 3.62. The van der Waals surface area contributed by atoms with E-state index in [-0.39, 0.29) is 37.0 Å². The SMILES string of the molecule is N#Cc1cc(-c2ccnc(-c3nnc([C@@]4(F)CCCN(C(=O)O)C4)o3)c2)ccn1. The van der Waals surface area contributed by atoms with Gasteiger partial charge in [0, 0.05) is 18.9 Å². The van der Waals surface area contributed by atoms with E-state index in [0.29, 0.717) is 12.1 Å². The Morgan fingerprint density at radius 3 is 2.76 bits per heavy atom. The predicted molar refractivity (Wildman–Crippen MR) is 97.1 cm³/mol. The van der Waals surface area contributed by atoms with Gasteiger partial charge in [-0.15, -0.1) is 10.2 Å². The van der Waals surface area contributed by atoms with Crippen LogP contribution in [0.1, 0.15) is 24.4 Å². The summed E-state index contributed by atoms with van der Waals surface area (Å²) in [5, 5.41) is 25.8. The quantitative estimate of drug-likeness (QED) is 0.718. The second-order valence-electron chi connectivity index (χ2n) is 6.66. The van der Waals surface area contributed by atoms with Gasteiger partial charge in [0.2, 0.25) is 5.67 Å². The summed E-state index contributed by atoms with van der Waals surface area (Å²) in [6, 6.07) is 8.80. The first-order valence-corrected chi connectivity index (χ1v) is 8.82. The standard InChI is InChI=1S/C19H15FN6O3/c20-19(4-1-7-26(11-19)18(27)28)17-25-24-16(29-17)15-9-13(3-6-23-15)12-2-5-22-14(8-12)10-21/h2-3,5-6,8-9H,1,4,7,11H2,(H,27,28)/t19-/m1/s1. The Balaban J connectivity index is 1.63. The number of alkyl halides is 1. The van der Waals surface area contributed by atoms with Crippen LogP contribution in [0.2, 0.25) is 0 Å². The third-order valence-electron chi connectivity index (χ3n) is 4.71. The van der Waals surface area contributed by atoms with Crippen molar-refractivity contribution < 1.29 is 18.7 Å². The van der Waals surface area contributed by atoms with Gasteiger partial charge in [-0.1, -0.05) is 0 Å². The maximum absolute atomic E-state index is 15.3. The number of amides is 1. The van der Waals surface area contributed by atoms with Crippen LogP contribution in [-0.4, -0.2) is 49.4 Å². The van der Waals surface area contributed by atoms with Crippen molar-refractivity contribution in [1.82, 2.24) is 25.1 Å². The van der Waals surface area contributed by atoms with Crippen LogP contribution in [0, 0.1) is 11.3 Å². The van der Waals surface area contributed by atoms with Crippen LogP contribution in [0.3, 0.4) is 0 Å². The van der Waals surface area contributed by atoms with Crippen molar-refractivity contribution in [3.05, 3.63) is 48.2 Å². The van der Waals surface area contributed by atoms with Gasteiger partial charge in [-0.05, 0) is 48.2 Å². The van der Waals surface area contributed by atoms with Gasteiger partial charge in [0.1, 0.15) is 17.5 Å². The van der Waals surface area contributed by atoms with Gasteiger partial charge in [0.15, 0.2) is 0 Å². The molecule has 0 saturated carbocycles. The normalized spacial score (nSPS) is 19.0. The second kappa shape index (κ2) is 7.27. The van der Waals surface area contributed by atoms with Crippen molar-refractivity contribution in [1.29, 1.82) is 5.26 Å². The Morgan fingerprint density at radius 1 is 1.24 bits per heavy atom. The second-order valence-corrected chi connectivity index (χ2v) is 6.66. The van der Waals surface area contributed by atoms with E-state index in [2.05, 4.69) is 20.2 Å². The number of nitriles is 1. The minimum absolute atomic E-state index is 0.0286. The number of piperidine rings is 1. The molecule has 0 aliphatic carbocycles. The molecule has 0 radical (unpaired) electrons. The number of carboxylic acid groups (broad SMARTS) is 1. The van der Waals surface area contributed by atoms with E-state index < -0.39 is 11.8 Å². The van der Waals surface area contributed by atoms with Crippen molar-refractivity contribution in [2.24, 2.45) is 0 Å². The molecule has 0 spiro atoms. The molecule has 1 amide bonds. The minimum atomic E-state index is -2.04. The molecule has 9 nitrogen and oxygen atoms in total. The first-order chi connectivity index (χ1) is 14.0. The average molecular weight is 394 g/mol. The minimum Gasteiger partial charge on any atom is -0.465 e. The maximum atomic E-state index is 15.3. The molecule has 29 heavy (non-hydrogen) atoms. The molecule has 3 aromatic heterocycles. The van der Waals surface area contributed by atoms with Crippen LogP contribution < -0.4 is 0 Å². The highest BCUT2D eigenvalue weighted by atomic mass is 19.1. The molecule has 4 heterocycles. The van der Waals surface area contributed by atoms with Crippen LogP contribution in [0.4, 0.5) is 9.18 Å². The van der Waals surface area contributed by atoms with Gasteiger partial charge in [-0.25, -0.2) is 14.2 Å². The van der Waals surface area contributed by atoms with Crippen molar-refractivity contribution in [3.63, 3.8) is 0 Å². The van der Waals surface area contributed by atoms with Crippen molar-refractivity contribution >= 4 is 6.09 Å². The zero-order valence-electron chi connectivity index (χ0n) is 15.1. The van der Waals surface area contributed by atoms with Crippen LogP contribution in [0.25, 0.3) is 22.7 Å². The third-order valence-corrected chi connectivity index (χ3v) is 4.71. The first-order valence-electron chi connectivity index (χ1n) is 8.82. The lowest BCUT2D eigenvalue weighted by atomic mass is 9.95. The Labute approximate surface area is 164 Å². The molecule has 0 bridgehead atoms. The lowest BCUT2D eigenvalue weighted by Crippen LogP contribution is -2.46. The molecular weight excluding hydrogens is 379 g/mol. The van der Waals surface area contributed by atoms with Gasteiger partial charge < -0.3 is 14.4 Å². The van der Waals surface area contributed by atoms with Gasteiger partial charge >= 0.3 is 6.09 Å². The van der Waals surface area contributed by atoms with Crippen molar-refractivity contribution in [3.8, 4) is 28.8 Å². The number of hydrogen-bond acceptors (Lipinski definition) is 7. The summed E-state index contributed by atoms with van der Waals surface area (Å²) in [6.07, 6.45) is 2.34. The van der Waals surface area contributed by atoms with Crippen molar-refractivity contribution in [2.45, 2.75) is 18.5 Å². The molecule has 0 unspecified atom stereocenters. The number of pyridine rings is 2. The highest BCUT2D eigenvalue weighted by Crippen LogP contribution is 2.36. The monoisotopic (exact) mass is 394 g/mol. The Hall–Kier alpha value is -3.87. The number of hydrogen-bond donors (Lipinski definition) is 1. The topological polar surface area (TPSA) is 129 Å². The summed E-state index contributed by atoms with van der Waals surface area (Å²) < 4.78 is 20.8. The summed E-state index contributed by atoms with van der Waals surface area (Å²) in [4.78, 5) is 20.3. The Bertz CT molecular complexity index is 1110. The number of carbonyl (C=O) groups is 1. The summed E-state index contributed by atoms with van der Waals surface area (Å²) in [5.41, 5.74) is 0.0861. The summed E-state index contributed by atoms with van der Waals surface area (Å²) in [5.74, 6) is -0.234.